The molecule has 2 aliphatic rings. The number of cyclic esters (lactones) is 1. The van der Waals surface area contributed by atoms with Gasteiger partial charge in [-0.25, -0.2) is 24.0 Å². The minimum atomic E-state index is -2.57. The van der Waals surface area contributed by atoms with Gasteiger partial charge in [-0.1, -0.05) is 0 Å². The molecule has 2 aliphatic heterocycles. The van der Waals surface area contributed by atoms with Crippen molar-refractivity contribution in [2.75, 3.05) is 6.61 Å². The van der Waals surface area contributed by atoms with Crippen LogP contribution in [0.3, 0.4) is 0 Å². The monoisotopic (exact) mass is 938 g/mol. The van der Waals surface area contributed by atoms with Gasteiger partial charge in [0.1, 0.15) is 12.7 Å². The van der Waals surface area contributed by atoms with Gasteiger partial charge >= 0.3 is 29.8 Å². The van der Waals surface area contributed by atoms with Crippen molar-refractivity contribution < 1.29 is 129 Å². The summed E-state index contributed by atoms with van der Waals surface area (Å²) >= 11 is 0. The van der Waals surface area contributed by atoms with Gasteiger partial charge in [0.05, 0.1) is 27.8 Å². The number of phenols is 15. The Morgan fingerprint density at radius 2 is 0.776 bits per heavy atom. The highest BCUT2D eigenvalue weighted by atomic mass is 16.7. The lowest BCUT2D eigenvalue weighted by molar-refractivity contribution is -0.282. The Morgan fingerprint density at radius 1 is 0.433 bits per heavy atom. The van der Waals surface area contributed by atoms with Crippen molar-refractivity contribution in [1.82, 2.24) is 0 Å². The van der Waals surface area contributed by atoms with Crippen LogP contribution in [0.25, 0.3) is 11.1 Å². The fourth-order valence-electron chi connectivity index (χ4n) is 6.77. The molecule has 26 nitrogen and oxygen atoms in total. The standard InChI is InChI=1S/C41H30O26/c42-15-1-10(2-16(43)26(15)50)36(57)64-33-23-9-62-39(60)13-7-21(48)29(53)31(55)24(13)25-14(8-22(49)30(54)32(25)56)40(61)65-34(33)35(66-37(58)11-3-17(44)27(51)18(45)4-11)41(63-23)67-38(59)12-5-19(46)28(52)20(47)6-12/h1-8,23,33-35,41-56H,9H2/t23-,33-,34+,35+,41+/m0/s1. The molecule has 0 unspecified atom stereocenters. The van der Waals surface area contributed by atoms with E-state index < -0.39 is 192 Å². The first-order chi connectivity index (χ1) is 31.5. The molecule has 67 heavy (non-hydrogen) atoms. The average Bonchev–Trinajstić information content (AvgIpc) is 3.27. The molecule has 2 heterocycles. The number of hydrogen-bond acceptors (Lipinski definition) is 26. The van der Waals surface area contributed by atoms with E-state index in [1.165, 1.54) is 0 Å². The van der Waals surface area contributed by atoms with Gasteiger partial charge in [0, 0.05) is 11.1 Å². The molecule has 1 fully saturated rings. The summed E-state index contributed by atoms with van der Waals surface area (Å²) in [6, 6.07) is 4.12. The predicted molar refractivity (Wildman–Crippen MR) is 208 cm³/mol. The molecule has 5 aromatic carbocycles. The highest BCUT2D eigenvalue weighted by Gasteiger charge is 2.55. The lowest BCUT2D eigenvalue weighted by Crippen LogP contribution is -2.63. The number of carbonyl (C=O) groups excluding carboxylic acids is 5. The van der Waals surface area contributed by atoms with E-state index in [2.05, 4.69) is 0 Å². The van der Waals surface area contributed by atoms with E-state index in [-0.39, 0.29) is 0 Å². The number of esters is 5. The van der Waals surface area contributed by atoms with Crippen LogP contribution in [-0.4, -0.2) is 144 Å². The molecule has 7 rings (SSSR count). The minimum Gasteiger partial charge on any atom is -0.504 e. The average molecular weight is 939 g/mol. The SMILES string of the molecule is O=C(O[C@H]1O[C@H]2COC(=O)c3cc(O)c(O)c(O)c3-c3c(cc(O)c(O)c3O)C(=O)O[C@H]([C@H]2OC(=O)c2cc(O)c(O)c(O)c2)[C@H]1OC(=O)c1cc(O)c(O)c(O)c1)c1cc(O)c(O)c(O)c1. The lowest BCUT2D eigenvalue weighted by Gasteiger charge is -2.44. The second kappa shape index (κ2) is 16.8. The fraction of sp³-hybridized carbons (Fsp3) is 0.146. The molecular formula is C41H30O26. The van der Waals surface area contributed by atoms with Crippen molar-refractivity contribution in [3.8, 4) is 97.4 Å². The topological polar surface area (TPSA) is 444 Å². The first kappa shape index (κ1) is 45.4. The zero-order valence-electron chi connectivity index (χ0n) is 32.9. The Balaban J connectivity index is 1.46. The Morgan fingerprint density at radius 3 is 1.18 bits per heavy atom. The molecule has 0 aromatic heterocycles. The number of ether oxygens (including phenoxy) is 6. The quantitative estimate of drug-likeness (QED) is 0.0654. The first-order valence-corrected chi connectivity index (χ1v) is 18.5. The summed E-state index contributed by atoms with van der Waals surface area (Å²) in [5, 5.41) is 155. The number of fused-ring (bicyclic) bond motifs is 5. The number of aromatic hydroxyl groups is 15. The highest BCUT2D eigenvalue weighted by molar-refractivity contribution is 6.08. The smallest absolute Gasteiger partial charge is 0.340 e. The summed E-state index contributed by atoms with van der Waals surface area (Å²) in [4.78, 5) is 69.9. The molecule has 0 spiro atoms. The molecule has 0 radical (unpaired) electrons. The van der Waals surface area contributed by atoms with Gasteiger partial charge in [0.25, 0.3) is 0 Å². The summed E-state index contributed by atoms with van der Waals surface area (Å²) in [7, 11) is 0. The van der Waals surface area contributed by atoms with Crippen molar-refractivity contribution in [2.24, 2.45) is 0 Å². The van der Waals surface area contributed by atoms with Gasteiger partial charge in [-0.15, -0.1) is 0 Å². The van der Waals surface area contributed by atoms with Crippen LogP contribution in [-0.2, 0) is 28.4 Å². The number of benzene rings is 5. The van der Waals surface area contributed by atoms with Crippen LogP contribution in [0.1, 0.15) is 51.8 Å². The number of hydrogen-bond donors (Lipinski definition) is 15. The molecule has 0 saturated carbocycles. The van der Waals surface area contributed by atoms with Gasteiger partial charge in [-0.3, -0.25) is 0 Å². The van der Waals surface area contributed by atoms with E-state index in [1.54, 1.807) is 0 Å². The van der Waals surface area contributed by atoms with Gasteiger partial charge in [-0.2, -0.15) is 0 Å². The van der Waals surface area contributed by atoms with Crippen molar-refractivity contribution in [3.63, 3.8) is 0 Å². The second-order valence-corrected chi connectivity index (χ2v) is 14.3. The van der Waals surface area contributed by atoms with E-state index in [0.29, 0.717) is 48.5 Å². The summed E-state index contributed by atoms with van der Waals surface area (Å²) in [6.45, 7) is -1.28. The normalized spacial score (nSPS) is 19.0. The molecular weight excluding hydrogens is 908 g/mol. The van der Waals surface area contributed by atoms with Crippen LogP contribution in [0.5, 0.6) is 86.2 Å². The minimum absolute atomic E-state index is 0.362. The number of phenolic OH excluding ortho intramolecular Hbond substituents is 15. The third-order valence-corrected chi connectivity index (χ3v) is 10.0. The van der Waals surface area contributed by atoms with Crippen molar-refractivity contribution in [1.29, 1.82) is 0 Å². The van der Waals surface area contributed by atoms with Crippen molar-refractivity contribution in [2.45, 2.75) is 30.7 Å². The van der Waals surface area contributed by atoms with Crippen LogP contribution < -0.4 is 0 Å². The van der Waals surface area contributed by atoms with Crippen LogP contribution in [0.2, 0.25) is 0 Å². The zero-order chi connectivity index (χ0) is 49.1. The number of rotatable bonds is 6. The van der Waals surface area contributed by atoms with E-state index in [9.17, 15) is 101 Å². The summed E-state index contributed by atoms with van der Waals surface area (Å²) in [5.41, 5.74) is -6.78. The van der Waals surface area contributed by atoms with Crippen molar-refractivity contribution >= 4 is 29.8 Å². The van der Waals surface area contributed by atoms with E-state index >= 15 is 0 Å². The van der Waals surface area contributed by atoms with Crippen LogP contribution in [0.4, 0.5) is 0 Å². The largest absolute Gasteiger partial charge is 0.504 e. The molecule has 5 atom stereocenters. The summed E-state index contributed by atoms with van der Waals surface area (Å²) in [5.74, 6) is -26.7. The molecule has 15 N–H and O–H groups in total. The van der Waals surface area contributed by atoms with Gasteiger partial charge in [0.15, 0.2) is 87.0 Å². The molecule has 0 aliphatic carbocycles. The van der Waals surface area contributed by atoms with Gasteiger partial charge in [-0.05, 0) is 48.5 Å². The first-order valence-electron chi connectivity index (χ1n) is 18.5. The molecule has 5 aromatic rings. The Kier molecular flexibility index (Phi) is 11.4. The van der Waals surface area contributed by atoms with Crippen LogP contribution >= 0.6 is 0 Å². The predicted octanol–water partition coefficient (Wildman–Crippen LogP) is 1.67. The molecule has 350 valence electrons. The third-order valence-electron chi connectivity index (χ3n) is 10.0. The molecule has 0 amide bonds. The maximum Gasteiger partial charge on any atom is 0.340 e. The fourth-order valence-corrected chi connectivity index (χ4v) is 6.77. The maximum atomic E-state index is 14.6. The van der Waals surface area contributed by atoms with E-state index in [0.717, 1.165) is 0 Å². The third kappa shape index (κ3) is 8.12. The summed E-state index contributed by atoms with van der Waals surface area (Å²) < 4.78 is 33.5. The maximum absolute atomic E-state index is 14.6. The highest BCUT2D eigenvalue weighted by Crippen LogP contribution is 2.53. The van der Waals surface area contributed by atoms with Gasteiger partial charge < -0.3 is 105 Å². The van der Waals surface area contributed by atoms with E-state index in [4.69, 9.17) is 28.4 Å². The number of carbonyl (C=O) groups is 5. The Hall–Kier alpha value is -9.59. The Labute approximate surface area is 369 Å². The van der Waals surface area contributed by atoms with E-state index in [1.807, 2.05) is 0 Å². The lowest BCUT2D eigenvalue weighted by atomic mass is 9.91. The second-order valence-electron chi connectivity index (χ2n) is 14.3. The zero-order valence-corrected chi connectivity index (χ0v) is 32.9. The molecule has 1 saturated heterocycles. The molecule has 2 bridgehead atoms. The molecule has 26 heteroatoms. The Bertz CT molecular complexity index is 2870. The van der Waals surface area contributed by atoms with Crippen LogP contribution in [0, 0.1) is 0 Å². The van der Waals surface area contributed by atoms with Crippen molar-refractivity contribution in [3.05, 3.63) is 76.3 Å². The van der Waals surface area contributed by atoms with Gasteiger partial charge in [0.2, 0.25) is 23.9 Å². The van der Waals surface area contributed by atoms with Crippen LogP contribution in [0.15, 0.2) is 48.5 Å². The summed E-state index contributed by atoms with van der Waals surface area (Å²) in [6.07, 6.45) is -12.3.